The van der Waals surface area contributed by atoms with E-state index in [1.807, 2.05) is 6.92 Å². The third-order valence-corrected chi connectivity index (χ3v) is 3.16. The van der Waals surface area contributed by atoms with Gasteiger partial charge in [0.15, 0.2) is 0 Å². The molecule has 0 bridgehead atoms. The number of amides is 1. The molecule has 19 heavy (non-hydrogen) atoms. The van der Waals surface area contributed by atoms with Crippen LogP contribution in [-0.2, 0) is 0 Å². The predicted molar refractivity (Wildman–Crippen MR) is 76.4 cm³/mol. The number of alkyl halides is 1. The van der Waals surface area contributed by atoms with Crippen molar-refractivity contribution in [2.75, 3.05) is 20.1 Å². The van der Waals surface area contributed by atoms with Gasteiger partial charge in [-0.1, -0.05) is 13.0 Å². The van der Waals surface area contributed by atoms with Crippen molar-refractivity contribution in [1.82, 2.24) is 5.32 Å². The first-order valence-electron chi connectivity index (χ1n) is 6.25. The minimum absolute atomic E-state index is 0.0552. The fraction of sp³-hybridized carbons (Fsp3) is 0.500. The molecule has 5 heteroatoms. The molecule has 1 atom stereocenters. The lowest BCUT2D eigenvalue weighted by Gasteiger charge is -2.18. The highest BCUT2D eigenvalue weighted by Crippen LogP contribution is 2.28. The molecule has 0 saturated carbocycles. The zero-order chi connectivity index (χ0) is 14.3. The van der Waals surface area contributed by atoms with Gasteiger partial charge in [-0.15, -0.1) is 11.6 Å². The summed E-state index contributed by atoms with van der Waals surface area (Å²) < 4.78 is 10.4. The number of carbonyl (C=O) groups is 1. The van der Waals surface area contributed by atoms with E-state index in [9.17, 15) is 4.79 Å². The number of hydrogen-bond acceptors (Lipinski definition) is 3. The number of benzene rings is 1. The minimum atomic E-state index is -0.203. The molecular weight excluding hydrogens is 266 g/mol. The van der Waals surface area contributed by atoms with Crippen molar-refractivity contribution in [2.24, 2.45) is 0 Å². The van der Waals surface area contributed by atoms with Crippen molar-refractivity contribution < 1.29 is 14.3 Å². The monoisotopic (exact) mass is 285 g/mol. The minimum Gasteiger partial charge on any atom is -0.496 e. The largest absolute Gasteiger partial charge is 0.496 e. The Kier molecular flexibility index (Phi) is 6.50. The van der Waals surface area contributed by atoms with E-state index in [1.165, 1.54) is 14.2 Å². The second kappa shape index (κ2) is 7.89. The molecule has 0 fully saturated rings. The van der Waals surface area contributed by atoms with Crippen molar-refractivity contribution >= 4 is 17.5 Å². The number of hydrogen-bond donors (Lipinski definition) is 1. The maximum Gasteiger partial charge on any atom is 0.259 e. The summed E-state index contributed by atoms with van der Waals surface area (Å²) in [7, 11) is 3.06. The van der Waals surface area contributed by atoms with E-state index in [1.54, 1.807) is 18.2 Å². The molecule has 1 rings (SSSR count). The molecule has 0 radical (unpaired) electrons. The summed E-state index contributed by atoms with van der Waals surface area (Å²) in [5.74, 6) is 1.31. The van der Waals surface area contributed by atoms with Crippen LogP contribution in [0.5, 0.6) is 11.5 Å². The van der Waals surface area contributed by atoms with E-state index in [4.69, 9.17) is 21.1 Å². The number of carbonyl (C=O) groups excluding carboxylic acids is 1. The third kappa shape index (κ3) is 4.03. The van der Waals surface area contributed by atoms with E-state index in [0.29, 0.717) is 22.9 Å². The number of ether oxygens (including phenoxy) is 2. The summed E-state index contributed by atoms with van der Waals surface area (Å²) in [5, 5.41) is 2.95. The highest BCUT2D eigenvalue weighted by Gasteiger charge is 2.20. The van der Waals surface area contributed by atoms with Crippen LogP contribution in [0.15, 0.2) is 18.2 Å². The van der Waals surface area contributed by atoms with Crippen LogP contribution in [0.2, 0.25) is 0 Å². The van der Waals surface area contributed by atoms with Crippen molar-refractivity contribution in [3.63, 3.8) is 0 Å². The van der Waals surface area contributed by atoms with Crippen LogP contribution in [-0.4, -0.2) is 32.0 Å². The molecule has 4 nitrogen and oxygen atoms in total. The number of nitrogens with one attached hydrogen (secondary N) is 1. The summed E-state index contributed by atoms with van der Waals surface area (Å²) in [5.41, 5.74) is 0.417. The summed E-state index contributed by atoms with van der Waals surface area (Å²) in [6.45, 7) is 2.01. The molecular formula is C14H20ClNO3. The fourth-order valence-corrected chi connectivity index (χ4v) is 2.11. The Bertz CT molecular complexity index is 401. The molecule has 1 aromatic rings. The highest BCUT2D eigenvalue weighted by molar-refractivity contribution is 6.17. The number of methoxy groups -OCH3 is 2. The van der Waals surface area contributed by atoms with Gasteiger partial charge in [0.1, 0.15) is 17.1 Å². The van der Waals surface area contributed by atoms with E-state index in [-0.39, 0.29) is 11.9 Å². The number of halogens is 1. The molecule has 0 heterocycles. The molecule has 0 aliphatic rings. The van der Waals surface area contributed by atoms with E-state index >= 15 is 0 Å². The summed E-state index contributed by atoms with van der Waals surface area (Å²) in [6.07, 6.45) is 1.57. The van der Waals surface area contributed by atoms with Crippen LogP contribution in [0.1, 0.15) is 30.1 Å². The van der Waals surface area contributed by atoms with Crippen LogP contribution >= 0.6 is 11.6 Å². The number of rotatable bonds is 7. The SMILES string of the molecule is CCC(CCCl)NC(=O)c1c(OC)cccc1OC. The Balaban J connectivity index is 2.97. The lowest BCUT2D eigenvalue weighted by molar-refractivity contribution is 0.0929. The fourth-order valence-electron chi connectivity index (χ4n) is 1.84. The predicted octanol–water partition coefficient (Wildman–Crippen LogP) is 2.84. The zero-order valence-corrected chi connectivity index (χ0v) is 12.3. The molecule has 0 saturated heterocycles. The topological polar surface area (TPSA) is 47.6 Å². The molecule has 106 valence electrons. The van der Waals surface area contributed by atoms with Crippen molar-refractivity contribution in [2.45, 2.75) is 25.8 Å². The Morgan fingerprint density at radius 2 is 1.89 bits per heavy atom. The first kappa shape index (κ1) is 15.6. The Morgan fingerprint density at radius 1 is 1.32 bits per heavy atom. The van der Waals surface area contributed by atoms with Crippen LogP contribution in [0.25, 0.3) is 0 Å². The van der Waals surface area contributed by atoms with Gasteiger partial charge in [-0.3, -0.25) is 4.79 Å². The van der Waals surface area contributed by atoms with Gasteiger partial charge in [-0.25, -0.2) is 0 Å². The Hall–Kier alpha value is -1.42. The second-order valence-electron chi connectivity index (χ2n) is 4.09. The van der Waals surface area contributed by atoms with Gasteiger partial charge in [0.05, 0.1) is 14.2 Å². The van der Waals surface area contributed by atoms with Crippen molar-refractivity contribution in [3.8, 4) is 11.5 Å². The maximum atomic E-state index is 12.3. The summed E-state index contributed by atoms with van der Waals surface area (Å²) in [4.78, 5) is 12.3. The second-order valence-corrected chi connectivity index (χ2v) is 4.47. The Morgan fingerprint density at radius 3 is 2.32 bits per heavy atom. The van der Waals surface area contributed by atoms with Crippen LogP contribution < -0.4 is 14.8 Å². The molecule has 1 N–H and O–H groups in total. The standard InChI is InChI=1S/C14H20ClNO3/c1-4-10(8-9-15)16-14(17)13-11(18-2)6-5-7-12(13)19-3/h5-7,10H,4,8-9H2,1-3H3,(H,16,17). The molecule has 1 unspecified atom stereocenters. The van der Waals surface area contributed by atoms with Crippen molar-refractivity contribution in [3.05, 3.63) is 23.8 Å². The van der Waals surface area contributed by atoms with Crippen LogP contribution in [0.4, 0.5) is 0 Å². The zero-order valence-electron chi connectivity index (χ0n) is 11.5. The molecule has 0 spiro atoms. The summed E-state index contributed by atoms with van der Waals surface area (Å²) >= 11 is 5.72. The van der Waals surface area contributed by atoms with Gasteiger partial charge in [0.25, 0.3) is 5.91 Å². The average molecular weight is 286 g/mol. The van der Waals surface area contributed by atoms with E-state index < -0.39 is 0 Å². The Labute approximate surface area is 119 Å². The van der Waals surface area contributed by atoms with Gasteiger partial charge in [-0.2, -0.15) is 0 Å². The smallest absolute Gasteiger partial charge is 0.259 e. The third-order valence-electron chi connectivity index (χ3n) is 2.94. The molecule has 1 aromatic carbocycles. The first-order valence-corrected chi connectivity index (χ1v) is 6.79. The van der Waals surface area contributed by atoms with E-state index in [0.717, 1.165) is 12.8 Å². The average Bonchev–Trinajstić information content (AvgIpc) is 2.45. The van der Waals surface area contributed by atoms with Gasteiger partial charge in [0, 0.05) is 11.9 Å². The lowest BCUT2D eigenvalue weighted by Crippen LogP contribution is -2.35. The molecule has 1 amide bonds. The van der Waals surface area contributed by atoms with Crippen LogP contribution in [0.3, 0.4) is 0 Å². The molecule has 0 aliphatic heterocycles. The van der Waals surface area contributed by atoms with Gasteiger partial charge < -0.3 is 14.8 Å². The van der Waals surface area contributed by atoms with Crippen molar-refractivity contribution in [1.29, 1.82) is 0 Å². The summed E-state index contributed by atoms with van der Waals surface area (Å²) in [6, 6.07) is 5.31. The van der Waals surface area contributed by atoms with Crippen LogP contribution in [0, 0.1) is 0 Å². The lowest BCUT2D eigenvalue weighted by atomic mass is 10.1. The molecule has 0 aliphatic carbocycles. The van der Waals surface area contributed by atoms with Gasteiger partial charge >= 0.3 is 0 Å². The quantitative estimate of drug-likeness (QED) is 0.784. The molecule has 0 aromatic heterocycles. The van der Waals surface area contributed by atoms with E-state index in [2.05, 4.69) is 5.32 Å². The van der Waals surface area contributed by atoms with Gasteiger partial charge in [-0.05, 0) is 25.0 Å². The highest BCUT2D eigenvalue weighted by atomic mass is 35.5. The van der Waals surface area contributed by atoms with Gasteiger partial charge in [0.2, 0.25) is 0 Å². The first-order chi connectivity index (χ1) is 9.17. The normalized spacial score (nSPS) is 11.8. The maximum absolute atomic E-state index is 12.3.